The van der Waals surface area contributed by atoms with Gasteiger partial charge < -0.3 is 15.7 Å². The van der Waals surface area contributed by atoms with Crippen LogP contribution in [0.25, 0.3) is 0 Å². The summed E-state index contributed by atoms with van der Waals surface area (Å²) in [6.07, 6.45) is 2.56. The van der Waals surface area contributed by atoms with E-state index in [2.05, 4.69) is 16.0 Å². The van der Waals surface area contributed by atoms with E-state index in [1.807, 2.05) is 0 Å². The Bertz CT molecular complexity index is 276. The van der Waals surface area contributed by atoms with Crippen LogP contribution in [-0.4, -0.2) is 42.3 Å². The molecule has 1 aliphatic rings. The molecule has 1 rings (SSSR count). The summed E-state index contributed by atoms with van der Waals surface area (Å²) in [5.41, 5.74) is -0.665. The summed E-state index contributed by atoms with van der Waals surface area (Å²) in [6.45, 7) is 2.04. The van der Waals surface area contributed by atoms with Gasteiger partial charge in [0.25, 0.3) is 0 Å². The van der Waals surface area contributed by atoms with Crippen LogP contribution in [0.2, 0.25) is 0 Å². The van der Waals surface area contributed by atoms with E-state index in [4.69, 9.17) is 0 Å². The molecule has 1 saturated carbocycles. The van der Waals surface area contributed by atoms with Crippen molar-refractivity contribution in [2.24, 2.45) is 0 Å². The first-order valence-corrected chi connectivity index (χ1v) is 5.45. The van der Waals surface area contributed by atoms with Crippen LogP contribution < -0.4 is 16.0 Å². The van der Waals surface area contributed by atoms with Gasteiger partial charge in [0, 0.05) is 13.6 Å². The highest BCUT2D eigenvalue weighted by Crippen LogP contribution is 2.30. The first kappa shape index (κ1) is 12.9. The van der Waals surface area contributed by atoms with Crippen LogP contribution in [0.4, 0.5) is 4.79 Å². The summed E-state index contributed by atoms with van der Waals surface area (Å²) in [5, 5.41) is 17.2. The number of urea groups is 1. The Morgan fingerprint density at radius 2 is 2.06 bits per heavy atom. The minimum Gasteiger partial charge on any atom is -0.389 e. The van der Waals surface area contributed by atoms with Crippen LogP contribution in [0.15, 0.2) is 0 Å². The fourth-order valence-electron chi connectivity index (χ4n) is 1.48. The topological polar surface area (TPSA) is 90.5 Å². The second kappa shape index (κ2) is 5.27. The molecule has 0 radical (unpaired) electrons. The van der Waals surface area contributed by atoms with Crippen LogP contribution in [0, 0.1) is 0 Å². The van der Waals surface area contributed by atoms with E-state index in [0.717, 1.165) is 19.3 Å². The number of nitrogens with one attached hydrogen (secondary N) is 3. The first-order chi connectivity index (χ1) is 7.47. The van der Waals surface area contributed by atoms with Gasteiger partial charge in [-0.3, -0.25) is 10.1 Å². The zero-order valence-corrected chi connectivity index (χ0v) is 9.67. The van der Waals surface area contributed by atoms with Crippen LogP contribution in [0.5, 0.6) is 0 Å². The zero-order chi connectivity index (χ0) is 12.2. The Labute approximate surface area is 94.8 Å². The third kappa shape index (κ3) is 3.46. The standard InChI is InChI=1S/C10H19N3O3/c1-7(8(14)13-9(15)11-2)12-6-10(16)4-3-5-10/h7,12,16H,3-6H2,1-2H3,(H2,11,13,14,15). The minimum absolute atomic E-state index is 0.384. The normalized spacial score (nSPS) is 19.4. The summed E-state index contributed by atoms with van der Waals surface area (Å²) in [4.78, 5) is 22.3. The summed E-state index contributed by atoms with van der Waals surface area (Å²) in [7, 11) is 1.44. The highest BCUT2D eigenvalue weighted by molar-refractivity contribution is 5.96. The molecule has 0 aromatic heterocycles. The van der Waals surface area contributed by atoms with Crippen molar-refractivity contribution in [2.45, 2.75) is 37.8 Å². The molecule has 1 unspecified atom stereocenters. The maximum Gasteiger partial charge on any atom is 0.321 e. The summed E-state index contributed by atoms with van der Waals surface area (Å²) < 4.78 is 0. The molecular weight excluding hydrogens is 210 g/mol. The maximum absolute atomic E-state index is 11.4. The van der Waals surface area contributed by atoms with E-state index in [9.17, 15) is 14.7 Å². The first-order valence-electron chi connectivity index (χ1n) is 5.45. The molecule has 92 valence electrons. The average Bonchev–Trinajstić information content (AvgIpc) is 2.22. The lowest BCUT2D eigenvalue weighted by Gasteiger charge is -2.37. The molecule has 1 aliphatic carbocycles. The Kier molecular flexibility index (Phi) is 4.26. The number of imide groups is 1. The van der Waals surface area contributed by atoms with Gasteiger partial charge >= 0.3 is 6.03 Å². The molecule has 0 aromatic carbocycles. The number of rotatable bonds is 4. The summed E-state index contributed by atoms with van der Waals surface area (Å²) in [6, 6.07) is -1.03. The summed E-state index contributed by atoms with van der Waals surface area (Å²) in [5.74, 6) is -0.401. The molecule has 0 saturated heterocycles. The van der Waals surface area contributed by atoms with Crippen molar-refractivity contribution in [3.8, 4) is 0 Å². The SMILES string of the molecule is CNC(=O)NC(=O)C(C)NCC1(O)CCC1. The molecule has 0 aliphatic heterocycles. The molecule has 0 spiro atoms. The molecular formula is C10H19N3O3. The van der Waals surface area contributed by atoms with E-state index >= 15 is 0 Å². The lowest BCUT2D eigenvalue weighted by atomic mass is 9.80. The lowest BCUT2D eigenvalue weighted by molar-refractivity contribution is -0.122. The van der Waals surface area contributed by atoms with Gasteiger partial charge in [-0.2, -0.15) is 0 Å². The number of carbonyl (C=O) groups is 2. The maximum atomic E-state index is 11.4. The van der Waals surface area contributed by atoms with Crippen molar-refractivity contribution in [3.05, 3.63) is 0 Å². The molecule has 6 nitrogen and oxygen atoms in total. The number of carbonyl (C=O) groups excluding carboxylic acids is 2. The number of hydrogen-bond donors (Lipinski definition) is 4. The Balaban J connectivity index is 2.25. The smallest absolute Gasteiger partial charge is 0.321 e. The summed E-state index contributed by atoms with van der Waals surface area (Å²) >= 11 is 0. The van der Waals surface area contributed by atoms with Crippen LogP contribution in [-0.2, 0) is 4.79 Å². The predicted octanol–water partition coefficient (Wildman–Crippen LogP) is -0.665. The zero-order valence-electron chi connectivity index (χ0n) is 9.67. The lowest BCUT2D eigenvalue weighted by Crippen LogP contribution is -2.53. The van der Waals surface area contributed by atoms with Gasteiger partial charge in [-0.05, 0) is 26.2 Å². The molecule has 0 heterocycles. The molecule has 4 N–H and O–H groups in total. The molecule has 0 bridgehead atoms. The molecule has 1 fully saturated rings. The second-order valence-electron chi connectivity index (χ2n) is 4.25. The average molecular weight is 229 g/mol. The molecule has 3 amide bonds. The number of amides is 3. The van der Waals surface area contributed by atoms with E-state index in [0.29, 0.717) is 6.54 Å². The molecule has 16 heavy (non-hydrogen) atoms. The number of aliphatic hydroxyl groups is 1. The second-order valence-corrected chi connectivity index (χ2v) is 4.25. The van der Waals surface area contributed by atoms with E-state index in [1.54, 1.807) is 6.92 Å². The Morgan fingerprint density at radius 3 is 2.50 bits per heavy atom. The Hall–Kier alpha value is -1.14. The van der Waals surface area contributed by atoms with Gasteiger partial charge in [0.2, 0.25) is 5.91 Å². The van der Waals surface area contributed by atoms with Gasteiger partial charge in [0.15, 0.2) is 0 Å². The van der Waals surface area contributed by atoms with Gasteiger partial charge in [-0.1, -0.05) is 0 Å². The van der Waals surface area contributed by atoms with Gasteiger partial charge in [0.1, 0.15) is 0 Å². The van der Waals surface area contributed by atoms with Crippen LogP contribution in [0.3, 0.4) is 0 Å². The van der Waals surface area contributed by atoms with Gasteiger partial charge in [-0.25, -0.2) is 4.79 Å². The van der Waals surface area contributed by atoms with Crippen molar-refractivity contribution in [1.82, 2.24) is 16.0 Å². The van der Waals surface area contributed by atoms with E-state index < -0.39 is 23.6 Å². The highest BCUT2D eigenvalue weighted by Gasteiger charge is 2.34. The minimum atomic E-state index is -0.665. The quantitative estimate of drug-likeness (QED) is 0.515. The van der Waals surface area contributed by atoms with Crippen LogP contribution in [0.1, 0.15) is 26.2 Å². The predicted molar refractivity (Wildman–Crippen MR) is 58.9 cm³/mol. The van der Waals surface area contributed by atoms with Gasteiger partial charge in [-0.15, -0.1) is 0 Å². The van der Waals surface area contributed by atoms with Crippen LogP contribution >= 0.6 is 0 Å². The van der Waals surface area contributed by atoms with Crippen molar-refractivity contribution >= 4 is 11.9 Å². The third-order valence-electron chi connectivity index (χ3n) is 2.88. The van der Waals surface area contributed by atoms with Crippen molar-refractivity contribution < 1.29 is 14.7 Å². The molecule has 1 atom stereocenters. The fraction of sp³-hybridized carbons (Fsp3) is 0.800. The molecule has 6 heteroatoms. The third-order valence-corrected chi connectivity index (χ3v) is 2.88. The van der Waals surface area contributed by atoms with Crippen molar-refractivity contribution in [2.75, 3.05) is 13.6 Å². The Morgan fingerprint density at radius 1 is 1.44 bits per heavy atom. The highest BCUT2D eigenvalue weighted by atomic mass is 16.3. The largest absolute Gasteiger partial charge is 0.389 e. The number of hydrogen-bond acceptors (Lipinski definition) is 4. The fourth-order valence-corrected chi connectivity index (χ4v) is 1.48. The monoisotopic (exact) mass is 229 g/mol. The van der Waals surface area contributed by atoms with Crippen molar-refractivity contribution in [3.63, 3.8) is 0 Å². The van der Waals surface area contributed by atoms with Gasteiger partial charge in [0.05, 0.1) is 11.6 Å². The van der Waals surface area contributed by atoms with Crippen molar-refractivity contribution in [1.29, 1.82) is 0 Å². The van der Waals surface area contributed by atoms with E-state index in [1.165, 1.54) is 7.05 Å². The molecule has 0 aromatic rings. The van der Waals surface area contributed by atoms with E-state index in [-0.39, 0.29) is 0 Å².